The zero-order valence-electron chi connectivity index (χ0n) is 17.5. The van der Waals surface area contributed by atoms with E-state index in [-0.39, 0.29) is 11.9 Å². The summed E-state index contributed by atoms with van der Waals surface area (Å²) in [5.41, 5.74) is 0. The molecule has 7 heteroatoms. The number of unbranched alkanes of at least 4 members (excludes halogenated alkanes) is 12. The Kier molecular flexibility index (Phi) is 17.6. The van der Waals surface area contributed by atoms with Gasteiger partial charge in [-0.05, 0) is 24.4 Å². The largest absolute Gasteiger partial charge is 0.396 e. The van der Waals surface area contributed by atoms with Crippen LogP contribution in [-0.4, -0.2) is 38.2 Å². The maximum Gasteiger partial charge on any atom is 0.227 e. The van der Waals surface area contributed by atoms with Crippen LogP contribution in [-0.2, 0) is 0 Å². The van der Waals surface area contributed by atoms with E-state index in [4.69, 9.17) is 16.7 Å². The predicted molar refractivity (Wildman–Crippen MR) is 124 cm³/mol. The first-order valence-electron chi connectivity index (χ1n) is 11.0. The van der Waals surface area contributed by atoms with Crippen LogP contribution in [0.25, 0.3) is 0 Å². The second-order valence-corrected chi connectivity index (χ2v) is 9.65. The molecule has 0 aliphatic heterocycles. The van der Waals surface area contributed by atoms with Gasteiger partial charge in [0.15, 0.2) is 10.3 Å². The van der Waals surface area contributed by atoms with Gasteiger partial charge in [-0.25, -0.2) is 0 Å². The minimum Gasteiger partial charge on any atom is -0.396 e. The number of aliphatic hydroxyl groups excluding tert-OH is 1. The average molecular weight is 448 g/mol. The molecular formula is C21H38ClN3OS2. The quantitative estimate of drug-likeness (QED) is 0.179. The maximum absolute atomic E-state index is 8.85. The fourth-order valence-electron chi connectivity index (χ4n) is 2.96. The Bertz CT molecular complexity index is 495. The highest BCUT2D eigenvalue weighted by Crippen LogP contribution is 2.22. The lowest BCUT2D eigenvalue weighted by molar-refractivity contribution is 0.296. The predicted octanol–water partition coefficient (Wildman–Crippen LogP) is 7.18. The Morgan fingerprint density at radius 2 is 1.07 bits per heavy atom. The minimum absolute atomic E-state index is 0.187. The lowest BCUT2D eigenvalue weighted by Crippen LogP contribution is -1.97. The lowest BCUT2D eigenvalue weighted by Gasteiger charge is -2.04. The van der Waals surface area contributed by atoms with Crippen molar-refractivity contribution in [2.45, 2.75) is 107 Å². The number of hydrogen-bond donors (Lipinski definition) is 1. The van der Waals surface area contributed by atoms with Gasteiger partial charge in [-0.3, -0.25) is 0 Å². The highest BCUT2D eigenvalue weighted by Gasteiger charge is 2.06. The van der Waals surface area contributed by atoms with Crippen molar-refractivity contribution in [2.75, 3.05) is 18.1 Å². The summed E-state index contributed by atoms with van der Waals surface area (Å²) < 4.78 is 0. The molecule has 0 aromatic carbocycles. The number of aliphatic hydroxyl groups is 1. The van der Waals surface area contributed by atoms with Gasteiger partial charge >= 0.3 is 0 Å². The number of nitrogens with zero attached hydrogens (tertiary/aromatic N) is 3. The SMILES string of the molecule is CCCCCCCCCCCCCCCSc1nc(Cl)nc(SCCCO)n1. The Hall–Kier alpha value is -0.0400. The molecule has 0 aliphatic rings. The van der Waals surface area contributed by atoms with Gasteiger partial charge in [-0.15, -0.1) is 0 Å². The second kappa shape index (κ2) is 19.0. The molecule has 0 saturated carbocycles. The van der Waals surface area contributed by atoms with Crippen molar-refractivity contribution < 1.29 is 5.11 Å². The van der Waals surface area contributed by atoms with Crippen LogP contribution in [0.1, 0.15) is 96.8 Å². The van der Waals surface area contributed by atoms with E-state index in [9.17, 15) is 0 Å². The summed E-state index contributed by atoms with van der Waals surface area (Å²) in [7, 11) is 0. The molecule has 0 unspecified atom stereocenters. The van der Waals surface area contributed by atoms with E-state index in [1.54, 1.807) is 11.8 Å². The smallest absolute Gasteiger partial charge is 0.227 e. The van der Waals surface area contributed by atoms with E-state index >= 15 is 0 Å². The molecule has 1 N–H and O–H groups in total. The fourth-order valence-corrected chi connectivity index (χ4v) is 4.86. The summed E-state index contributed by atoms with van der Waals surface area (Å²) >= 11 is 9.17. The van der Waals surface area contributed by atoms with Crippen LogP contribution in [0.4, 0.5) is 0 Å². The van der Waals surface area contributed by atoms with Crippen LogP contribution in [0.3, 0.4) is 0 Å². The van der Waals surface area contributed by atoms with Crippen molar-refractivity contribution in [3.63, 3.8) is 0 Å². The first-order chi connectivity index (χ1) is 13.8. The van der Waals surface area contributed by atoms with E-state index < -0.39 is 0 Å². The maximum atomic E-state index is 8.85. The van der Waals surface area contributed by atoms with Crippen LogP contribution in [0.5, 0.6) is 0 Å². The summed E-state index contributed by atoms with van der Waals surface area (Å²) in [6, 6.07) is 0. The lowest BCUT2D eigenvalue weighted by atomic mass is 10.1. The summed E-state index contributed by atoms with van der Waals surface area (Å²) in [5.74, 6) is 1.82. The number of halogens is 1. The summed E-state index contributed by atoms with van der Waals surface area (Å²) in [5, 5.41) is 10.5. The standard InChI is InChI=1S/C21H38ClN3OS2/c1-2-3-4-5-6-7-8-9-10-11-12-13-14-17-27-20-23-19(22)24-21(25-20)28-18-15-16-26/h26H,2-18H2,1H3. The van der Waals surface area contributed by atoms with Crippen molar-refractivity contribution in [3.05, 3.63) is 5.28 Å². The van der Waals surface area contributed by atoms with Crippen LogP contribution >= 0.6 is 35.1 Å². The zero-order chi connectivity index (χ0) is 20.3. The van der Waals surface area contributed by atoms with E-state index in [1.165, 1.54) is 95.2 Å². The highest BCUT2D eigenvalue weighted by molar-refractivity contribution is 7.99. The van der Waals surface area contributed by atoms with Crippen molar-refractivity contribution >= 4 is 35.1 Å². The molecule has 1 rings (SSSR count). The molecular weight excluding hydrogens is 410 g/mol. The molecule has 162 valence electrons. The van der Waals surface area contributed by atoms with E-state index in [2.05, 4.69) is 21.9 Å². The summed E-state index contributed by atoms with van der Waals surface area (Å²) in [4.78, 5) is 12.8. The average Bonchev–Trinajstić information content (AvgIpc) is 2.68. The first kappa shape index (κ1) is 26.0. The van der Waals surface area contributed by atoms with Gasteiger partial charge in [0, 0.05) is 18.1 Å². The molecule has 1 aromatic heterocycles. The third-order valence-electron chi connectivity index (χ3n) is 4.58. The third kappa shape index (κ3) is 14.9. The van der Waals surface area contributed by atoms with Gasteiger partial charge in [-0.2, -0.15) is 15.0 Å². The molecule has 0 atom stereocenters. The number of hydrogen-bond acceptors (Lipinski definition) is 6. The monoisotopic (exact) mass is 447 g/mol. The molecule has 1 heterocycles. The number of rotatable bonds is 19. The van der Waals surface area contributed by atoms with Gasteiger partial charge in [0.05, 0.1) is 0 Å². The van der Waals surface area contributed by atoms with Crippen molar-refractivity contribution in [1.29, 1.82) is 0 Å². The molecule has 28 heavy (non-hydrogen) atoms. The summed E-state index contributed by atoms with van der Waals surface area (Å²) in [6.07, 6.45) is 18.6. The minimum atomic E-state index is 0.187. The molecule has 0 fully saturated rings. The molecule has 1 aromatic rings. The third-order valence-corrected chi connectivity index (χ3v) is 6.62. The molecule has 0 amide bonds. The van der Waals surface area contributed by atoms with E-state index in [0.717, 1.165) is 17.9 Å². The highest BCUT2D eigenvalue weighted by atomic mass is 35.5. The summed E-state index contributed by atoms with van der Waals surface area (Å²) in [6.45, 7) is 2.46. The van der Waals surface area contributed by atoms with Gasteiger partial charge in [0.2, 0.25) is 5.28 Å². The van der Waals surface area contributed by atoms with Crippen molar-refractivity contribution in [1.82, 2.24) is 15.0 Å². The topological polar surface area (TPSA) is 58.9 Å². The van der Waals surface area contributed by atoms with Crippen LogP contribution in [0, 0.1) is 0 Å². The molecule has 0 bridgehead atoms. The Morgan fingerprint density at radius 1 is 0.643 bits per heavy atom. The van der Waals surface area contributed by atoms with Gasteiger partial charge in [0.25, 0.3) is 0 Å². The molecule has 0 aliphatic carbocycles. The normalized spacial score (nSPS) is 11.2. The van der Waals surface area contributed by atoms with Crippen LogP contribution < -0.4 is 0 Å². The van der Waals surface area contributed by atoms with Crippen molar-refractivity contribution in [2.24, 2.45) is 0 Å². The van der Waals surface area contributed by atoms with Crippen LogP contribution in [0.15, 0.2) is 10.3 Å². The Morgan fingerprint density at radius 3 is 1.54 bits per heavy atom. The number of thioether (sulfide) groups is 2. The molecule has 0 saturated heterocycles. The van der Waals surface area contributed by atoms with Crippen molar-refractivity contribution in [3.8, 4) is 0 Å². The zero-order valence-corrected chi connectivity index (χ0v) is 19.9. The van der Waals surface area contributed by atoms with E-state index in [1.807, 2.05) is 0 Å². The van der Waals surface area contributed by atoms with Crippen LogP contribution in [0.2, 0.25) is 5.28 Å². The second-order valence-electron chi connectivity index (χ2n) is 7.19. The Balaban J connectivity index is 1.97. The van der Waals surface area contributed by atoms with Gasteiger partial charge in [-0.1, -0.05) is 107 Å². The molecule has 4 nitrogen and oxygen atoms in total. The van der Waals surface area contributed by atoms with E-state index in [0.29, 0.717) is 10.3 Å². The molecule has 0 spiro atoms. The number of aromatic nitrogens is 3. The molecule has 0 radical (unpaired) electrons. The van der Waals surface area contributed by atoms with Gasteiger partial charge < -0.3 is 5.11 Å². The van der Waals surface area contributed by atoms with Gasteiger partial charge in [0.1, 0.15) is 0 Å². The Labute approximate surface area is 185 Å². The fraction of sp³-hybridized carbons (Fsp3) is 0.857. The first-order valence-corrected chi connectivity index (χ1v) is 13.4.